The molecule has 26 heavy (non-hydrogen) atoms. The number of amides is 1. The summed E-state index contributed by atoms with van der Waals surface area (Å²) in [5.74, 6) is 0.414. The number of halogens is 1. The van der Waals surface area contributed by atoms with Crippen LogP contribution in [0.3, 0.4) is 0 Å². The van der Waals surface area contributed by atoms with Crippen molar-refractivity contribution < 1.29 is 4.79 Å². The molecule has 2 aromatic carbocycles. The number of nitrogens with one attached hydrogen (secondary N) is 1. The Hall–Kier alpha value is -2.35. The van der Waals surface area contributed by atoms with Crippen LogP contribution in [0.2, 0.25) is 5.02 Å². The van der Waals surface area contributed by atoms with Crippen LogP contribution in [0.5, 0.6) is 0 Å². The maximum atomic E-state index is 12.9. The fourth-order valence-electron chi connectivity index (χ4n) is 3.60. The SMILES string of the molecule is CC1CCc2c(sc(NC(=O)c3cccc4c(Cl)cccc34)c2C#N)C1. The minimum atomic E-state index is -0.207. The number of hydrogen-bond acceptors (Lipinski definition) is 3. The standard InChI is InChI=1S/C21H17ClN2OS/c1-12-8-9-15-17(11-23)21(26-19(15)10-12)24-20(25)16-6-2-5-14-13(16)4-3-7-18(14)22/h2-7,12H,8-10H2,1H3,(H,24,25). The molecule has 1 N–H and O–H groups in total. The van der Waals surface area contributed by atoms with Gasteiger partial charge in [-0.25, -0.2) is 0 Å². The lowest BCUT2D eigenvalue weighted by atomic mass is 9.88. The Morgan fingerprint density at radius 2 is 2.04 bits per heavy atom. The summed E-state index contributed by atoms with van der Waals surface area (Å²) in [6, 6.07) is 13.4. The molecule has 1 unspecified atom stereocenters. The van der Waals surface area contributed by atoms with E-state index in [9.17, 15) is 10.1 Å². The number of hydrogen-bond donors (Lipinski definition) is 1. The predicted octanol–water partition coefficient (Wildman–Crippen LogP) is 5.80. The van der Waals surface area contributed by atoms with E-state index in [2.05, 4.69) is 18.3 Å². The Kier molecular flexibility index (Phi) is 4.44. The summed E-state index contributed by atoms with van der Waals surface area (Å²) in [4.78, 5) is 14.2. The molecule has 0 spiro atoms. The summed E-state index contributed by atoms with van der Waals surface area (Å²) in [6.07, 6.45) is 2.98. The average molecular weight is 381 g/mol. The molecule has 0 bridgehead atoms. The number of rotatable bonds is 2. The smallest absolute Gasteiger partial charge is 0.256 e. The Bertz CT molecular complexity index is 1060. The number of anilines is 1. The van der Waals surface area contributed by atoms with Gasteiger partial charge in [-0.1, -0.05) is 42.8 Å². The topological polar surface area (TPSA) is 52.9 Å². The molecule has 5 heteroatoms. The van der Waals surface area contributed by atoms with Crippen LogP contribution in [0.15, 0.2) is 36.4 Å². The first-order chi connectivity index (χ1) is 12.6. The van der Waals surface area contributed by atoms with E-state index < -0.39 is 0 Å². The van der Waals surface area contributed by atoms with Gasteiger partial charge in [-0.3, -0.25) is 4.79 Å². The van der Waals surface area contributed by atoms with Gasteiger partial charge in [0.25, 0.3) is 5.91 Å². The van der Waals surface area contributed by atoms with Gasteiger partial charge in [0.2, 0.25) is 0 Å². The van der Waals surface area contributed by atoms with Gasteiger partial charge in [0, 0.05) is 20.8 Å². The fourth-order valence-corrected chi connectivity index (χ4v) is 5.19. The zero-order valence-electron chi connectivity index (χ0n) is 14.3. The highest BCUT2D eigenvalue weighted by atomic mass is 35.5. The molecule has 1 atom stereocenters. The summed E-state index contributed by atoms with van der Waals surface area (Å²) < 4.78 is 0. The zero-order chi connectivity index (χ0) is 18.3. The van der Waals surface area contributed by atoms with E-state index in [-0.39, 0.29) is 5.91 Å². The monoisotopic (exact) mass is 380 g/mol. The van der Waals surface area contributed by atoms with Crippen LogP contribution in [0.4, 0.5) is 5.00 Å². The van der Waals surface area contributed by atoms with Gasteiger partial charge < -0.3 is 5.32 Å². The number of nitriles is 1. The zero-order valence-corrected chi connectivity index (χ0v) is 15.9. The molecule has 1 aromatic heterocycles. The first-order valence-corrected chi connectivity index (χ1v) is 9.81. The molecule has 130 valence electrons. The van der Waals surface area contributed by atoms with Crippen LogP contribution in [-0.4, -0.2) is 5.91 Å². The average Bonchev–Trinajstić information content (AvgIpc) is 2.97. The molecular formula is C21H17ClN2OS. The van der Waals surface area contributed by atoms with Gasteiger partial charge in [-0.15, -0.1) is 11.3 Å². The van der Waals surface area contributed by atoms with E-state index in [0.717, 1.165) is 35.6 Å². The molecule has 0 saturated carbocycles. The molecular weight excluding hydrogens is 364 g/mol. The minimum Gasteiger partial charge on any atom is -0.312 e. The fraction of sp³-hybridized carbons (Fsp3) is 0.238. The van der Waals surface area contributed by atoms with Crippen LogP contribution in [0.25, 0.3) is 10.8 Å². The minimum absolute atomic E-state index is 0.207. The third-order valence-corrected chi connectivity index (χ3v) is 6.46. The third-order valence-electron chi connectivity index (χ3n) is 4.96. The van der Waals surface area contributed by atoms with Crippen LogP contribution in [0.1, 0.15) is 39.7 Å². The molecule has 1 amide bonds. The normalized spacial score (nSPS) is 16.1. The lowest BCUT2D eigenvalue weighted by molar-refractivity contribution is 0.102. The number of benzene rings is 2. The maximum Gasteiger partial charge on any atom is 0.256 e. The van der Waals surface area contributed by atoms with E-state index in [0.29, 0.717) is 27.1 Å². The van der Waals surface area contributed by atoms with Gasteiger partial charge in [0.15, 0.2) is 0 Å². The van der Waals surface area contributed by atoms with Crippen molar-refractivity contribution in [3.05, 3.63) is 63.0 Å². The van der Waals surface area contributed by atoms with Crippen LogP contribution in [0, 0.1) is 17.2 Å². The van der Waals surface area contributed by atoms with Crippen molar-refractivity contribution in [1.82, 2.24) is 0 Å². The van der Waals surface area contributed by atoms with E-state index in [1.165, 1.54) is 4.88 Å². The Morgan fingerprint density at radius 1 is 1.27 bits per heavy atom. The summed E-state index contributed by atoms with van der Waals surface area (Å²) in [5.41, 5.74) is 2.31. The van der Waals surface area contributed by atoms with Gasteiger partial charge in [0.1, 0.15) is 11.1 Å². The molecule has 1 heterocycles. The van der Waals surface area contributed by atoms with E-state index in [1.54, 1.807) is 17.4 Å². The molecule has 3 nitrogen and oxygen atoms in total. The van der Waals surface area contributed by atoms with Crippen molar-refractivity contribution in [3.63, 3.8) is 0 Å². The second-order valence-corrected chi connectivity index (χ2v) is 8.27. The van der Waals surface area contributed by atoms with Crippen molar-refractivity contribution in [1.29, 1.82) is 5.26 Å². The first kappa shape index (κ1) is 17.1. The summed E-state index contributed by atoms with van der Waals surface area (Å²) in [6.45, 7) is 2.23. The predicted molar refractivity (Wildman–Crippen MR) is 107 cm³/mol. The molecule has 1 aliphatic rings. The van der Waals surface area contributed by atoms with Crippen LogP contribution >= 0.6 is 22.9 Å². The van der Waals surface area contributed by atoms with Crippen molar-refractivity contribution >= 4 is 44.6 Å². The molecule has 4 rings (SSSR count). The lowest BCUT2D eigenvalue weighted by Crippen LogP contribution is -2.12. The van der Waals surface area contributed by atoms with Crippen molar-refractivity contribution in [2.45, 2.75) is 26.2 Å². The van der Waals surface area contributed by atoms with E-state index in [4.69, 9.17) is 11.6 Å². The number of fused-ring (bicyclic) bond motifs is 2. The highest BCUT2D eigenvalue weighted by Gasteiger charge is 2.25. The van der Waals surface area contributed by atoms with Gasteiger partial charge in [-0.2, -0.15) is 5.26 Å². The van der Waals surface area contributed by atoms with Crippen molar-refractivity contribution in [2.24, 2.45) is 5.92 Å². The van der Waals surface area contributed by atoms with Crippen molar-refractivity contribution in [2.75, 3.05) is 5.32 Å². The highest BCUT2D eigenvalue weighted by molar-refractivity contribution is 7.16. The summed E-state index contributed by atoms with van der Waals surface area (Å²) in [5, 5.41) is 15.5. The number of carbonyl (C=O) groups is 1. The Labute approximate surface area is 161 Å². The molecule has 0 aliphatic heterocycles. The highest BCUT2D eigenvalue weighted by Crippen LogP contribution is 2.39. The largest absolute Gasteiger partial charge is 0.312 e. The Morgan fingerprint density at radius 3 is 2.85 bits per heavy atom. The van der Waals surface area contributed by atoms with Crippen LogP contribution in [-0.2, 0) is 12.8 Å². The second kappa shape index (κ2) is 6.75. The lowest BCUT2D eigenvalue weighted by Gasteiger charge is -2.17. The first-order valence-electron chi connectivity index (χ1n) is 8.61. The number of thiophene rings is 1. The number of carbonyl (C=O) groups excluding carboxylic acids is 1. The van der Waals surface area contributed by atoms with Gasteiger partial charge in [0.05, 0.1) is 5.56 Å². The number of nitrogens with zero attached hydrogens (tertiary/aromatic N) is 1. The van der Waals surface area contributed by atoms with Crippen LogP contribution < -0.4 is 5.32 Å². The summed E-state index contributed by atoms with van der Waals surface area (Å²) in [7, 11) is 0. The molecule has 0 radical (unpaired) electrons. The third kappa shape index (κ3) is 2.88. The summed E-state index contributed by atoms with van der Waals surface area (Å²) >= 11 is 7.79. The maximum absolute atomic E-state index is 12.9. The van der Waals surface area contributed by atoms with E-state index >= 15 is 0 Å². The molecule has 3 aromatic rings. The quantitative estimate of drug-likeness (QED) is 0.610. The molecule has 1 aliphatic carbocycles. The van der Waals surface area contributed by atoms with Gasteiger partial charge in [-0.05, 0) is 48.3 Å². The molecule has 0 saturated heterocycles. The Balaban J connectivity index is 1.72. The second-order valence-electron chi connectivity index (χ2n) is 6.76. The van der Waals surface area contributed by atoms with E-state index in [1.807, 2.05) is 30.3 Å². The molecule has 0 fully saturated rings. The van der Waals surface area contributed by atoms with Crippen molar-refractivity contribution in [3.8, 4) is 6.07 Å². The van der Waals surface area contributed by atoms with Gasteiger partial charge >= 0.3 is 0 Å².